The smallest absolute Gasteiger partial charge is 0.122 e. The number of benzene rings is 1. The van der Waals surface area contributed by atoms with Crippen LogP contribution in [0, 0.1) is 0 Å². The molecule has 2 heteroatoms. The van der Waals surface area contributed by atoms with E-state index in [-0.39, 0.29) is 6.61 Å². The molecule has 12 heavy (non-hydrogen) atoms. The van der Waals surface area contributed by atoms with E-state index in [0.29, 0.717) is 0 Å². The maximum Gasteiger partial charge on any atom is 0.122 e. The van der Waals surface area contributed by atoms with Gasteiger partial charge < -0.3 is 9.53 Å². The van der Waals surface area contributed by atoms with Crippen LogP contribution in [0.15, 0.2) is 30.3 Å². The van der Waals surface area contributed by atoms with E-state index in [4.69, 9.17) is 8.85 Å². The van der Waals surface area contributed by atoms with Gasteiger partial charge in [0.2, 0.25) is 0 Å². The lowest BCUT2D eigenvalue weighted by molar-refractivity contribution is -0.108. The van der Waals surface area contributed by atoms with Crippen LogP contribution in [0.3, 0.4) is 0 Å². The summed E-state index contributed by atoms with van der Waals surface area (Å²) in [6, 6.07) is 9.11. The molecule has 0 heterocycles. The Hall–Kier alpha value is -1.15. The molecule has 0 aliphatic rings. The van der Waals surface area contributed by atoms with Crippen LogP contribution in [0.2, 0.25) is 0 Å². The Labute approximate surface area is 76.4 Å². The Kier molecular flexibility index (Phi) is 2.51. The summed E-state index contributed by atoms with van der Waals surface area (Å²) in [4.78, 5) is 10.4. The Bertz CT molecular complexity index is 325. The molecule has 0 fully saturated rings. The fourth-order valence-corrected chi connectivity index (χ4v) is 0.789. The lowest BCUT2D eigenvalue weighted by Gasteiger charge is -2.00. The molecule has 0 unspecified atom stereocenters. The van der Waals surface area contributed by atoms with Gasteiger partial charge in [-0.3, -0.25) is 0 Å². The molecule has 1 aromatic rings. The van der Waals surface area contributed by atoms with Gasteiger partial charge in [0.1, 0.15) is 7.63 Å². The van der Waals surface area contributed by atoms with Gasteiger partial charge in [0.15, 0.2) is 0 Å². The van der Waals surface area contributed by atoms with Gasteiger partial charge >= 0.3 is 0 Å². The summed E-state index contributed by atoms with van der Waals surface area (Å²) in [7, 11) is 0. The van der Waals surface area contributed by atoms with E-state index in [1.807, 2.05) is 18.2 Å². The molecule has 0 amide bonds. The van der Waals surface area contributed by atoms with Crippen LogP contribution in [0.4, 0.5) is 0 Å². The Morgan fingerprint density at radius 3 is 2.92 bits per heavy atom. The van der Waals surface area contributed by atoms with Gasteiger partial charge in [-0.2, -0.15) is 0 Å². The highest BCUT2D eigenvalue weighted by Crippen LogP contribution is 1.99. The van der Waals surface area contributed by atoms with Crippen molar-refractivity contribution in [1.29, 1.82) is 0 Å². The van der Waals surface area contributed by atoms with Crippen LogP contribution in [0.1, 0.15) is 16.1 Å². The summed E-state index contributed by atoms with van der Waals surface area (Å²) in [5.41, 5.74) is 0.832. The lowest BCUT2D eigenvalue weighted by atomic mass is 10.2. The van der Waals surface area contributed by atoms with Crippen LogP contribution < -0.4 is 0 Å². The molecule has 64 valence electrons. The molecule has 2 nitrogen and oxygen atoms in total. The third kappa shape index (κ3) is 3.30. The molecule has 0 atom stereocenters. The minimum absolute atomic E-state index is 0.0983. The number of hydrogen-bond donors (Lipinski definition) is 0. The molecule has 0 N–H and O–H groups in total. The molecule has 0 aromatic heterocycles. The minimum Gasteiger partial charge on any atom is -0.376 e. The highest BCUT2D eigenvalue weighted by molar-refractivity contribution is 5.49. The van der Waals surface area contributed by atoms with Gasteiger partial charge in [0.05, 0.1) is 15.9 Å². The van der Waals surface area contributed by atoms with Crippen molar-refractivity contribution in [2.75, 3.05) is 6.56 Å². The van der Waals surface area contributed by atoms with Crippen molar-refractivity contribution >= 4 is 6.26 Å². The number of rotatable bonds is 5. The highest BCUT2D eigenvalue weighted by atomic mass is 16.5. The summed E-state index contributed by atoms with van der Waals surface area (Å²) < 4.78 is 26.2. The van der Waals surface area contributed by atoms with Gasteiger partial charge in [-0.15, -0.1) is 0 Å². The average molecular weight is 167 g/mol. The first-order valence-corrected chi connectivity index (χ1v) is 3.67. The third-order valence-corrected chi connectivity index (χ3v) is 1.33. The van der Waals surface area contributed by atoms with E-state index >= 15 is 0 Å². The van der Waals surface area contributed by atoms with Crippen molar-refractivity contribution in [2.24, 2.45) is 0 Å². The predicted molar refractivity (Wildman–Crippen MR) is 46.8 cm³/mol. The number of hydrogen-bond acceptors (Lipinski definition) is 2. The van der Waals surface area contributed by atoms with Crippen molar-refractivity contribution in [1.82, 2.24) is 0 Å². The van der Waals surface area contributed by atoms with Crippen molar-refractivity contribution in [3.63, 3.8) is 0 Å². The summed E-state index contributed by atoms with van der Waals surface area (Å²) in [6.07, 6.45) is -1.51. The van der Waals surface area contributed by atoms with Crippen molar-refractivity contribution in [2.45, 2.75) is 13.0 Å². The number of aldehydes is 1. The maximum atomic E-state index is 10.4. The number of carbonyl (C=O) groups is 1. The molecule has 0 saturated heterocycles. The minimum atomic E-state index is -2.06. The van der Waals surface area contributed by atoms with Crippen molar-refractivity contribution in [3.05, 3.63) is 35.9 Å². The second-order valence-corrected chi connectivity index (χ2v) is 2.24. The molecular formula is C10H12O2. The SMILES string of the molecule is [2H]C(=O)CC([2H])([2H])OCc1ccccc1. The zero-order valence-corrected chi connectivity index (χ0v) is 6.62. The second kappa shape index (κ2) is 5.49. The fourth-order valence-electron chi connectivity index (χ4n) is 0.789. The molecule has 1 rings (SSSR count). The normalized spacial score (nSPS) is 14.5. The maximum absolute atomic E-state index is 10.4. The van der Waals surface area contributed by atoms with Crippen LogP contribution in [0.5, 0.6) is 0 Å². The monoisotopic (exact) mass is 167 g/mol. The zero-order chi connectivity index (χ0) is 11.3. The Morgan fingerprint density at radius 2 is 2.25 bits per heavy atom. The van der Waals surface area contributed by atoms with E-state index in [2.05, 4.69) is 0 Å². The number of carbonyl (C=O) groups excluding carboxylic acids is 1. The molecule has 0 aliphatic carbocycles. The highest BCUT2D eigenvalue weighted by Gasteiger charge is 1.89. The van der Waals surface area contributed by atoms with Crippen LogP contribution >= 0.6 is 0 Å². The van der Waals surface area contributed by atoms with Gasteiger partial charge in [0.25, 0.3) is 0 Å². The largest absolute Gasteiger partial charge is 0.376 e. The van der Waals surface area contributed by atoms with Crippen LogP contribution in [-0.2, 0) is 16.1 Å². The standard InChI is InChI=1S/C10H12O2/c11-7-4-8-12-9-10-5-2-1-3-6-10/h1-3,5-7H,4,8-9H2/i7D,8D2. The molecule has 0 aliphatic heterocycles. The van der Waals surface area contributed by atoms with E-state index in [9.17, 15) is 4.79 Å². The number of ether oxygens (including phenoxy) is 1. The van der Waals surface area contributed by atoms with Crippen molar-refractivity contribution < 1.29 is 13.6 Å². The van der Waals surface area contributed by atoms with Crippen LogP contribution in [0.25, 0.3) is 0 Å². The first-order valence-electron chi connectivity index (χ1n) is 5.17. The zero-order valence-electron chi connectivity index (χ0n) is 9.62. The van der Waals surface area contributed by atoms with Gasteiger partial charge in [-0.1, -0.05) is 30.3 Å². The predicted octanol–water partition coefficient (Wildman–Crippen LogP) is 1.79. The summed E-state index contributed by atoms with van der Waals surface area (Å²) in [5.74, 6) is 0. The first kappa shape index (κ1) is 5.49. The van der Waals surface area contributed by atoms with Crippen molar-refractivity contribution in [3.8, 4) is 0 Å². The van der Waals surface area contributed by atoms with E-state index in [0.717, 1.165) is 5.56 Å². The third-order valence-electron chi connectivity index (χ3n) is 1.33. The van der Waals surface area contributed by atoms with Gasteiger partial charge in [-0.25, -0.2) is 0 Å². The fraction of sp³-hybridized carbons (Fsp3) is 0.300. The topological polar surface area (TPSA) is 26.3 Å². The summed E-state index contributed by atoms with van der Waals surface area (Å²) in [6.45, 7) is -1.96. The van der Waals surface area contributed by atoms with E-state index in [1.54, 1.807) is 12.1 Å². The first-order chi connectivity index (χ1) is 6.99. The molecular weight excluding hydrogens is 152 g/mol. The molecule has 1 aromatic carbocycles. The molecule has 0 spiro atoms. The summed E-state index contributed by atoms with van der Waals surface area (Å²) >= 11 is 0. The van der Waals surface area contributed by atoms with E-state index in [1.165, 1.54) is 0 Å². The van der Waals surface area contributed by atoms with Crippen LogP contribution in [-0.4, -0.2) is 12.8 Å². The summed E-state index contributed by atoms with van der Waals surface area (Å²) in [5, 5.41) is 0. The quantitative estimate of drug-likeness (QED) is 0.625. The van der Waals surface area contributed by atoms with Gasteiger partial charge in [-0.05, 0) is 5.56 Å². The Morgan fingerprint density at radius 1 is 1.50 bits per heavy atom. The molecule has 0 bridgehead atoms. The second-order valence-electron chi connectivity index (χ2n) is 2.24. The van der Waals surface area contributed by atoms with E-state index < -0.39 is 19.2 Å². The molecule has 0 saturated carbocycles. The van der Waals surface area contributed by atoms with Gasteiger partial charge in [0, 0.05) is 6.42 Å². The molecule has 0 radical (unpaired) electrons. The average Bonchev–Trinajstić information content (AvgIpc) is 2.15. The lowest BCUT2D eigenvalue weighted by Crippen LogP contribution is -1.95. The Balaban J connectivity index is 2.46.